The number of hydrogen-bond acceptors (Lipinski definition) is 3. The smallest absolute Gasteiger partial charge is 0.316 e. The Bertz CT molecular complexity index is 526. The molecule has 2 rings (SSSR count). The van der Waals surface area contributed by atoms with Crippen molar-refractivity contribution in [1.29, 1.82) is 0 Å². The van der Waals surface area contributed by atoms with Gasteiger partial charge >= 0.3 is 5.97 Å². The van der Waals surface area contributed by atoms with Crippen molar-refractivity contribution in [3.63, 3.8) is 0 Å². The lowest BCUT2D eigenvalue weighted by atomic mass is 9.93. The number of ketones is 1. The Kier molecular flexibility index (Phi) is 4.76. The lowest BCUT2D eigenvalue weighted by Gasteiger charge is -2.14. The van der Waals surface area contributed by atoms with Crippen LogP contribution in [0.1, 0.15) is 25.3 Å². The van der Waals surface area contributed by atoms with Gasteiger partial charge in [-0.05, 0) is 43.9 Å². The Hall–Kier alpha value is -1.42. The fraction of sp³-hybridized carbons (Fsp3) is 0.467. The van der Waals surface area contributed by atoms with Crippen molar-refractivity contribution in [2.24, 2.45) is 11.8 Å². The van der Waals surface area contributed by atoms with E-state index in [2.05, 4.69) is 0 Å². The van der Waals surface area contributed by atoms with Crippen molar-refractivity contribution in [3.8, 4) is 0 Å². The van der Waals surface area contributed by atoms with Crippen LogP contribution in [0, 0.1) is 17.7 Å². The molecule has 20 heavy (non-hydrogen) atoms. The van der Waals surface area contributed by atoms with Crippen LogP contribution in [-0.2, 0) is 20.7 Å². The molecule has 0 bridgehead atoms. The average Bonchev–Trinajstić information content (AvgIpc) is 3.24. The number of ether oxygens (including phenoxy) is 1. The molecule has 1 atom stereocenters. The van der Waals surface area contributed by atoms with Crippen LogP contribution in [0.2, 0.25) is 5.02 Å². The summed E-state index contributed by atoms with van der Waals surface area (Å²) in [7, 11) is 0. The molecule has 1 fully saturated rings. The Morgan fingerprint density at radius 1 is 1.45 bits per heavy atom. The summed E-state index contributed by atoms with van der Waals surface area (Å²) >= 11 is 5.62. The molecule has 3 nitrogen and oxygen atoms in total. The van der Waals surface area contributed by atoms with Crippen LogP contribution in [-0.4, -0.2) is 18.4 Å². The maximum Gasteiger partial charge on any atom is 0.316 e. The van der Waals surface area contributed by atoms with Gasteiger partial charge in [0, 0.05) is 5.92 Å². The third kappa shape index (κ3) is 3.57. The van der Waals surface area contributed by atoms with Gasteiger partial charge in [0.1, 0.15) is 11.7 Å². The maximum atomic E-state index is 13.4. The molecule has 1 aromatic rings. The highest BCUT2D eigenvalue weighted by molar-refractivity contribution is 6.30. The highest BCUT2D eigenvalue weighted by atomic mass is 35.5. The normalized spacial score (nSPS) is 15.8. The van der Waals surface area contributed by atoms with Crippen molar-refractivity contribution in [2.75, 3.05) is 6.61 Å². The SMILES string of the molecule is CCOC(=O)C(Cc1ccc(Cl)c(F)c1)C(=O)C1CC1. The van der Waals surface area contributed by atoms with E-state index >= 15 is 0 Å². The number of hydrogen-bond donors (Lipinski definition) is 0. The summed E-state index contributed by atoms with van der Waals surface area (Å²) < 4.78 is 18.4. The molecule has 0 amide bonds. The van der Waals surface area contributed by atoms with E-state index in [1.807, 2.05) is 0 Å². The molecule has 0 saturated heterocycles. The second-order valence-corrected chi connectivity index (χ2v) is 5.34. The van der Waals surface area contributed by atoms with Gasteiger partial charge in [0.2, 0.25) is 0 Å². The molecule has 5 heteroatoms. The van der Waals surface area contributed by atoms with E-state index < -0.39 is 17.7 Å². The summed E-state index contributed by atoms with van der Waals surface area (Å²) in [5.74, 6) is -2.06. The molecular formula is C15H16ClFO3. The number of carbonyl (C=O) groups excluding carboxylic acids is 2. The van der Waals surface area contributed by atoms with Crippen LogP contribution >= 0.6 is 11.6 Å². The van der Waals surface area contributed by atoms with Crippen molar-refractivity contribution >= 4 is 23.4 Å². The summed E-state index contributed by atoms with van der Waals surface area (Å²) in [6.07, 6.45) is 1.80. The first-order valence-electron chi connectivity index (χ1n) is 6.67. The zero-order valence-electron chi connectivity index (χ0n) is 11.2. The van der Waals surface area contributed by atoms with Crippen molar-refractivity contribution in [3.05, 3.63) is 34.6 Å². The summed E-state index contributed by atoms with van der Waals surface area (Å²) in [6, 6.07) is 4.31. The molecular weight excluding hydrogens is 283 g/mol. The predicted molar refractivity (Wildman–Crippen MR) is 73.0 cm³/mol. The van der Waals surface area contributed by atoms with Crippen LogP contribution in [0.25, 0.3) is 0 Å². The molecule has 1 aliphatic rings. The summed E-state index contributed by atoms with van der Waals surface area (Å²) in [6.45, 7) is 1.92. The largest absolute Gasteiger partial charge is 0.465 e. The van der Waals surface area contributed by atoms with Gasteiger partial charge in [0.15, 0.2) is 5.78 Å². The standard InChI is InChI=1S/C15H16ClFO3/c1-2-20-15(19)11(14(18)10-4-5-10)7-9-3-6-12(16)13(17)8-9/h3,6,8,10-11H,2,4-5,7H2,1H3. The third-order valence-electron chi connectivity index (χ3n) is 3.32. The second kappa shape index (κ2) is 6.35. The van der Waals surface area contributed by atoms with E-state index in [9.17, 15) is 14.0 Å². The zero-order valence-corrected chi connectivity index (χ0v) is 12.0. The minimum Gasteiger partial charge on any atom is -0.465 e. The van der Waals surface area contributed by atoms with Crippen molar-refractivity contribution in [1.82, 2.24) is 0 Å². The van der Waals surface area contributed by atoms with Crippen LogP contribution in [0.3, 0.4) is 0 Å². The van der Waals surface area contributed by atoms with Crippen LogP contribution in [0.15, 0.2) is 18.2 Å². The number of halogens is 2. The average molecular weight is 299 g/mol. The van der Waals surface area contributed by atoms with E-state index in [0.717, 1.165) is 12.8 Å². The van der Waals surface area contributed by atoms with Gasteiger partial charge in [0.05, 0.1) is 11.6 Å². The first kappa shape index (κ1) is 15.0. The molecule has 1 saturated carbocycles. The van der Waals surface area contributed by atoms with E-state index in [1.54, 1.807) is 13.0 Å². The summed E-state index contributed by atoms with van der Waals surface area (Å²) in [4.78, 5) is 24.1. The molecule has 0 radical (unpaired) electrons. The summed E-state index contributed by atoms with van der Waals surface area (Å²) in [5.41, 5.74) is 0.568. The first-order valence-corrected chi connectivity index (χ1v) is 7.05. The van der Waals surface area contributed by atoms with E-state index in [0.29, 0.717) is 5.56 Å². The number of benzene rings is 1. The van der Waals surface area contributed by atoms with Gasteiger partial charge in [-0.1, -0.05) is 17.7 Å². The molecule has 1 unspecified atom stereocenters. The second-order valence-electron chi connectivity index (χ2n) is 4.93. The third-order valence-corrected chi connectivity index (χ3v) is 3.62. The highest BCUT2D eigenvalue weighted by Gasteiger charge is 2.39. The van der Waals surface area contributed by atoms with Gasteiger partial charge in [0.25, 0.3) is 0 Å². The molecule has 0 N–H and O–H groups in total. The predicted octanol–water partition coefficient (Wildman–Crippen LogP) is 3.18. The molecule has 0 spiro atoms. The quantitative estimate of drug-likeness (QED) is 0.598. The lowest BCUT2D eigenvalue weighted by molar-refractivity contribution is -0.151. The Morgan fingerprint density at radius 3 is 2.70 bits per heavy atom. The molecule has 0 heterocycles. The maximum absolute atomic E-state index is 13.4. The molecule has 0 aromatic heterocycles. The molecule has 108 valence electrons. The monoisotopic (exact) mass is 298 g/mol. The fourth-order valence-corrected chi connectivity index (χ4v) is 2.22. The van der Waals surface area contributed by atoms with Crippen LogP contribution in [0.4, 0.5) is 4.39 Å². The van der Waals surface area contributed by atoms with Gasteiger partial charge in [-0.2, -0.15) is 0 Å². The number of esters is 1. The number of carbonyl (C=O) groups is 2. The molecule has 0 aliphatic heterocycles. The fourth-order valence-electron chi connectivity index (χ4n) is 2.10. The summed E-state index contributed by atoms with van der Waals surface area (Å²) in [5, 5.41) is 0.0231. The van der Waals surface area contributed by atoms with Crippen LogP contribution < -0.4 is 0 Å². The molecule has 1 aliphatic carbocycles. The van der Waals surface area contributed by atoms with Gasteiger partial charge in [-0.25, -0.2) is 4.39 Å². The number of rotatable bonds is 6. The van der Waals surface area contributed by atoms with E-state index in [4.69, 9.17) is 16.3 Å². The molecule has 1 aromatic carbocycles. The Labute approximate surface area is 122 Å². The topological polar surface area (TPSA) is 43.4 Å². The highest BCUT2D eigenvalue weighted by Crippen LogP contribution is 2.34. The Morgan fingerprint density at radius 2 is 2.15 bits per heavy atom. The van der Waals surface area contributed by atoms with Gasteiger partial charge in [-0.3, -0.25) is 9.59 Å². The van der Waals surface area contributed by atoms with Gasteiger partial charge < -0.3 is 4.74 Å². The minimum atomic E-state index is -0.844. The van der Waals surface area contributed by atoms with E-state index in [-0.39, 0.29) is 29.8 Å². The zero-order chi connectivity index (χ0) is 14.7. The van der Waals surface area contributed by atoms with Crippen molar-refractivity contribution < 1.29 is 18.7 Å². The van der Waals surface area contributed by atoms with Gasteiger partial charge in [-0.15, -0.1) is 0 Å². The Balaban J connectivity index is 2.15. The lowest BCUT2D eigenvalue weighted by Crippen LogP contribution is -2.29. The van der Waals surface area contributed by atoms with E-state index in [1.165, 1.54) is 12.1 Å². The van der Waals surface area contributed by atoms with Crippen LogP contribution in [0.5, 0.6) is 0 Å². The minimum absolute atomic E-state index is 0.0231. The number of Topliss-reactive ketones (excluding diaryl/α,β-unsaturated/α-hetero) is 1. The van der Waals surface area contributed by atoms with Crippen molar-refractivity contribution in [2.45, 2.75) is 26.2 Å². The first-order chi connectivity index (χ1) is 9.52.